The Morgan fingerprint density at radius 2 is 2.06 bits per heavy atom. The van der Waals surface area contributed by atoms with E-state index in [1.165, 1.54) is 37.1 Å². The first kappa shape index (κ1) is 20.9. The van der Waals surface area contributed by atoms with Crippen molar-refractivity contribution in [3.05, 3.63) is 75.3 Å². The number of carbonyl (C=O) groups is 1. The number of thioether (sulfide) groups is 1. The Morgan fingerprint density at radius 3 is 2.81 bits per heavy atom. The molecule has 2 aromatic carbocycles. The molecule has 1 aliphatic rings. The molecule has 0 unspecified atom stereocenters. The molecule has 7 nitrogen and oxygen atoms in total. The van der Waals surface area contributed by atoms with Gasteiger partial charge in [0.1, 0.15) is 23.1 Å². The van der Waals surface area contributed by atoms with Gasteiger partial charge in [0.05, 0.1) is 12.7 Å². The minimum absolute atomic E-state index is 0.0204. The molecule has 1 atom stereocenters. The van der Waals surface area contributed by atoms with Crippen LogP contribution in [-0.4, -0.2) is 27.7 Å². The minimum atomic E-state index is -0.573. The van der Waals surface area contributed by atoms with Crippen molar-refractivity contribution in [2.75, 3.05) is 12.4 Å². The first-order chi connectivity index (χ1) is 14.9. The van der Waals surface area contributed by atoms with Crippen LogP contribution in [0.3, 0.4) is 0 Å². The number of nitrogens with one attached hydrogen (secondary N) is 1. The fourth-order valence-electron chi connectivity index (χ4n) is 3.68. The molecular weight excluding hydrogens is 421 g/mol. The van der Waals surface area contributed by atoms with Gasteiger partial charge in [-0.3, -0.25) is 9.59 Å². The number of aromatic nitrogens is 2. The molecule has 0 bridgehead atoms. The average Bonchev–Trinajstić information content (AvgIpc) is 2.75. The van der Waals surface area contributed by atoms with Crippen LogP contribution in [0.2, 0.25) is 0 Å². The van der Waals surface area contributed by atoms with Gasteiger partial charge in [0.25, 0.3) is 5.56 Å². The number of amides is 1. The van der Waals surface area contributed by atoms with E-state index in [0.717, 1.165) is 0 Å². The van der Waals surface area contributed by atoms with Gasteiger partial charge in [-0.2, -0.15) is 4.98 Å². The smallest absolute Gasteiger partial charge is 0.279 e. The maximum absolute atomic E-state index is 13.9. The minimum Gasteiger partial charge on any atom is -0.508 e. The summed E-state index contributed by atoms with van der Waals surface area (Å²) < 4.78 is 20.9. The van der Waals surface area contributed by atoms with Crippen molar-refractivity contribution >= 4 is 23.5 Å². The number of benzene rings is 2. The van der Waals surface area contributed by atoms with Crippen molar-refractivity contribution in [1.82, 2.24) is 9.55 Å². The van der Waals surface area contributed by atoms with E-state index < -0.39 is 11.5 Å². The third-order valence-corrected chi connectivity index (χ3v) is 6.29. The number of fused-ring (bicyclic) bond motifs is 1. The molecule has 0 aliphatic carbocycles. The molecule has 1 aromatic heterocycles. The molecule has 1 aliphatic heterocycles. The second-order valence-corrected chi connectivity index (χ2v) is 8.07. The predicted octanol–water partition coefficient (Wildman–Crippen LogP) is 3.40. The largest absolute Gasteiger partial charge is 0.508 e. The molecule has 0 radical (unpaired) electrons. The molecule has 0 fully saturated rings. The maximum atomic E-state index is 13.9. The number of aromatic hydroxyl groups is 1. The predicted molar refractivity (Wildman–Crippen MR) is 115 cm³/mol. The Hall–Kier alpha value is -3.33. The number of ether oxygens (including phenoxy) is 1. The van der Waals surface area contributed by atoms with Crippen LogP contribution in [0.5, 0.6) is 11.5 Å². The first-order valence-corrected chi connectivity index (χ1v) is 10.5. The van der Waals surface area contributed by atoms with Crippen molar-refractivity contribution in [2.45, 2.75) is 23.2 Å². The quantitative estimate of drug-likeness (QED) is 0.466. The van der Waals surface area contributed by atoms with E-state index in [-0.39, 0.29) is 29.6 Å². The molecule has 2 heterocycles. The average molecular weight is 441 g/mol. The fraction of sp³-hybridized carbons (Fsp3) is 0.227. The Bertz CT molecular complexity index is 1230. The summed E-state index contributed by atoms with van der Waals surface area (Å²) in [7, 11) is 3.16. The molecular formula is C22H20FN3O4S. The van der Waals surface area contributed by atoms with E-state index in [4.69, 9.17) is 4.74 Å². The summed E-state index contributed by atoms with van der Waals surface area (Å²) in [6.45, 7) is 0. The van der Waals surface area contributed by atoms with Gasteiger partial charge < -0.3 is 19.7 Å². The lowest BCUT2D eigenvalue weighted by atomic mass is 9.86. The number of anilines is 1. The number of nitrogens with zero attached hydrogens (tertiary/aromatic N) is 2. The van der Waals surface area contributed by atoms with Gasteiger partial charge in [0, 0.05) is 36.8 Å². The number of hydrogen-bond donors (Lipinski definition) is 2. The third-order valence-electron chi connectivity index (χ3n) is 5.21. The Kier molecular flexibility index (Phi) is 5.69. The van der Waals surface area contributed by atoms with Crippen molar-refractivity contribution in [3.63, 3.8) is 0 Å². The van der Waals surface area contributed by atoms with E-state index in [0.29, 0.717) is 33.4 Å². The highest BCUT2D eigenvalue weighted by Crippen LogP contribution is 2.40. The van der Waals surface area contributed by atoms with Crippen LogP contribution in [0.1, 0.15) is 29.0 Å². The number of halogens is 1. The number of carbonyl (C=O) groups excluding carboxylic acids is 1. The Morgan fingerprint density at radius 1 is 1.29 bits per heavy atom. The summed E-state index contributed by atoms with van der Waals surface area (Å²) in [6, 6.07) is 11.0. The number of methoxy groups -OCH3 is 1. The zero-order chi connectivity index (χ0) is 22.1. The highest BCUT2D eigenvalue weighted by atomic mass is 32.2. The van der Waals surface area contributed by atoms with Crippen molar-refractivity contribution in [2.24, 2.45) is 7.05 Å². The van der Waals surface area contributed by atoms with Gasteiger partial charge >= 0.3 is 0 Å². The standard InChI is InChI=1S/C22H20FN3O4S/c1-26-20-19(21(29)25-22(26)31-11-12-5-3-4-6-16(12)23)15(10-18(28)24-20)14-8-7-13(27)9-17(14)30-2/h3-9,15,27H,10-11H2,1-2H3,(H,24,28)/t15-/m0/s1. The maximum Gasteiger partial charge on any atom is 0.279 e. The van der Waals surface area contributed by atoms with Crippen LogP contribution in [0.4, 0.5) is 10.2 Å². The second kappa shape index (κ2) is 8.43. The van der Waals surface area contributed by atoms with Crippen LogP contribution in [-0.2, 0) is 17.6 Å². The molecule has 1 amide bonds. The van der Waals surface area contributed by atoms with Crippen LogP contribution >= 0.6 is 11.8 Å². The fourth-order valence-corrected chi connectivity index (χ4v) is 4.63. The first-order valence-electron chi connectivity index (χ1n) is 9.53. The molecule has 0 spiro atoms. The summed E-state index contributed by atoms with van der Waals surface area (Å²) in [5, 5.41) is 12.9. The lowest BCUT2D eigenvalue weighted by molar-refractivity contribution is -0.116. The third kappa shape index (κ3) is 4.00. The molecule has 31 heavy (non-hydrogen) atoms. The number of rotatable bonds is 5. The number of phenolic OH excluding ortho intramolecular Hbond substituents is 1. The summed E-state index contributed by atoms with van der Waals surface area (Å²) >= 11 is 1.21. The van der Waals surface area contributed by atoms with E-state index >= 15 is 0 Å². The van der Waals surface area contributed by atoms with E-state index in [9.17, 15) is 19.1 Å². The molecule has 2 N–H and O–H groups in total. The lowest BCUT2D eigenvalue weighted by Gasteiger charge is -2.28. The highest BCUT2D eigenvalue weighted by Gasteiger charge is 2.33. The monoisotopic (exact) mass is 441 g/mol. The van der Waals surface area contributed by atoms with Crippen LogP contribution in [0.15, 0.2) is 52.4 Å². The van der Waals surface area contributed by atoms with Crippen molar-refractivity contribution < 1.29 is 19.0 Å². The Labute approximate surface area is 181 Å². The molecule has 160 valence electrons. The van der Waals surface area contributed by atoms with E-state index in [1.54, 1.807) is 35.9 Å². The second-order valence-electron chi connectivity index (χ2n) is 7.13. The normalized spacial score (nSPS) is 15.3. The van der Waals surface area contributed by atoms with Crippen LogP contribution < -0.4 is 15.6 Å². The number of phenols is 1. The summed E-state index contributed by atoms with van der Waals surface area (Å²) in [4.78, 5) is 29.7. The lowest BCUT2D eigenvalue weighted by Crippen LogP contribution is -2.33. The molecule has 4 rings (SSSR count). The van der Waals surface area contributed by atoms with Gasteiger partial charge in [-0.25, -0.2) is 4.39 Å². The molecule has 0 saturated carbocycles. The molecule has 3 aromatic rings. The zero-order valence-corrected chi connectivity index (χ0v) is 17.7. The topological polar surface area (TPSA) is 93.4 Å². The van der Waals surface area contributed by atoms with Crippen molar-refractivity contribution in [3.8, 4) is 11.5 Å². The summed E-state index contributed by atoms with van der Waals surface area (Å²) in [5.74, 6) is -0.111. The summed E-state index contributed by atoms with van der Waals surface area (Å²) in [5.41, 5.74) is 0.989. The van der Waals surface area contributed by atoms with Crippen LogP contribution in [0.25, 0.3) is 0 Å². The van der Waals surface area contributed by atoms with Crippen LogP contribution in [0, 0.1) is 5.82 Å². The highest BCUT2D eigenvalue weighted by molar-refractivity contribution is 7.98. The zero-order valence-electron chi connectivity index (χ0n) is 16.9. The SMILES string of the molecule is COc1cc(O)ccc1[C@@H]1CC(=O)Nc2c1c(=O)nc(SCc1ccccc1F)n2C. The summed E-state index contributed by atoms with van der Waals surface area (Å²) in [6.07, 6.45) is 0.0484. The van der Waals surface area contributed by atoms with E-state index in [1.807, 2.05) is 0 Å². The molecule has 9 heteroatoms. The van der Waals surface area contributed by atoms with Gasteiger partial charge in [-0.15, -0.1) is 0 Å². The number of hydrogen-bond acceptors (Lipinski definition) is 6. The Balaban J connectivity index is 1.76. The van der Waals surface area contributed by atoms with E-state index in [2.05, 4.69) is 10.3 Å². The van der Waals surface area contributed by atoms with Gasteiger partial charge in [0.2, 0.25) is 5.91 Å². The van der Waals surface area contributed by atoms with Gasteiger partial charge in [-0.1, -0.05) is 36.0 Å². The molecule has 0 saturated heterocycles. The van der Waals surface area contributed by atoms with Gasteiger partial charge in [0.15, 0.2) is 5.16 Å². The van der Waals surface area contributed by atoms with Crippen molar-refractivity contribution in [1.29, 1.82) is 0 Å². The van der Waals surface area contributed by atoms with Gasteiger partial charge in [-0.05, 0) is 17.7 Å².